The lowest BCUT2D eigenvalue weighted by atomic mass is 10.1. The molecule has 1 aromatic heterocycles. The van der Waals surface area contributed by atoms with E-state index in [2.05, 4.69) is 4.99 Å². The van der Waals surface area contributed by atoms with Gasteiger partial charge in [-0.2, -0.15) is 0 Å². The minimum atomic E-state index is -0.838. The number of nitrogens with two attached hydrogens (primary N) is 1. The number of phenols is 1. The van der Waals surface area contributed by atoms with Crippen LogP contribution in [-0.2, 0) is 0 Å². The standard InChI is InChI=1S/C17H13FN2O4/c1-23-14-4-2-3-9-7-11(16(19)22)17(24-15(9)14)20-10-5-6-13(21)12(18)8-10/h2-8,21H,1H3,(H2,19,22). The zero-order chi connectivity index (χ0) is 17.3. The highest BCUT2D eigenvalue weighted by Gasteiger charge is 2.12. The van der Waals surface area contributed by atoms with E-state index in [1.54, 1.807) is 18.2 Å². The summed E-state index contributed by atoms with van der Waals surface area (Å²) in [6.07, 6.45) is 0. The highest BCUT2D eigenvalue weighted by molar-refractivity contribution is 5.96. The number of amides is 1. The Morgan fingerprint density at radius 2 is 2.08 bits per heavy atom. The lowest BCUT2D eigenvalue weighted by Gasteiger charge is -2.06. The lowest BCUT2D eigenvalue weighted by molar-refractivity contribution is 0.0996. The Morgan fingerprint density at radius 1 is 1.29 bits per heavy atom. The fraction of sp³-hybridized carbons (Fsp3) is 0.0588. The van der Waals surface area contributed by atoms with Gasteiger partial charge >= 0.3 is 0 Å². The fourth-order valence-electron chi connectivity index (χ4n) is 2.23. The Labute approximate surface area is 135 Å². The first-order valence-electron chi connectivity index (χ1n) is 6.93. The topological polar surface area (TPSA) is 98.1 Å². The summed E-state index contributed by atoms with van der Waals surface area (Å²) in [6, 6.07) is 10.2. The highest BCUT2D eigenvalue weighted by atomic mass is 19.1. The zero-order valence-corrected chi connectivity index (χ0v) is 12.6. The van der Waals surface area contributed by atoms with Crippen molar-refractivity contribution in [2.45, 2.75) is 0 Å². The molecular formula is C17H13FN2O4. The van der Waals surface area contributed by atoms with Crippen LogP contribution in [0.4, 0.5) is 10.1 Å². The first-order chi connectivity index (χ1) is 11.5. The van der Waals surface area contributed by atoms with Crippen molar-refractivity contribution in [3.8, 4) is 11.5 Å². The van der Waals surface area contributed by atoms with Gasteiger partial charge in [-0.15, -0.1) is 0 Å². The molecule has 3 rings (SSSR count). The number of ether oxygens (including phenoxy) is 1. The third-order valence-electron chi connectivity index (χ3n) is 3.39. The first kappa shape index (κ1) is 15.5. The second kappa shape index (κ2) is 6.04. The molecule has 0 spiro atoms. The van der Waals surface area contributed by atoms with Gasteiger partial charge in [0.25, 0.3) is 5.91 Å². The van der Waals surface area contributed by atoms with Crippen molar-refractivity contribution in [1.82, 2.24) is 0 Å². The maximum Gasteiger partial charge on any atom is 0.254 e. The minimum Gasteiger partial charge on any atom is -0.505 e. The Hall–Kier alpha value is -3.35. The fourth-order valence-corrected chi connectivity index (χ4v) is 2.23. The van der Waals surface area contributed by atoms with Gasteiger partial charge in [0, 0.05) is 11.5 Å². The number of hydrogen-bond donors (Lipinski definition) is 2. The van der Waals surface area contributed by atoms with Crippen LogP contribution in [-0.4, -0.2) is 18.1 Å². The molecule has 7 heteroatoms. The van der Waals surface area contributed by atoms with Crippen molar-refractivity contribution >= 4 is 22.6 Å². The van der Waals surface area contributed by atoms with E-state index in [-0.39, 0.29) is 16.8 Å². The van der Waals surface area contributed by atoms with Crippen molar-refractivity contribution < 1.29 is 23.4 Å². The Kier molecular flexibility index (Phi) is 3.91. The largest absolute Gasteiger partial charge is 0.505 e. The van der Waals surface area contributed by atoms with Crippen molar-refractivity contribution in [2.75, 3.05) is 7.11 Å². The van der Waals surface area contributed by atoms with Crippen molar-refractivity contribution in [3.05, 3.63) is 59.4 Å². The van der Waals surface area contributed by atoms with Gasteiger partial charge in [0.1, 0.15) is 5.56 Å². The number of fused-ring (bicyclic) bond motifs is 1. The molecule has 24 heavy (non-hydrogen) atoms. The molecule has 0 saturated heterocycles. The van der Waals surface area contributed by atoms with E-state index in [1.807, 2.05) is 0 Å². The van der Waals surface area contributed by atoms with Crippen LogP contribution in [0.3, 0.4) is 0 Å². The van der Waals surface area contributed by atoms with Gasteiger partial charge in [0.2, 0.25) is 5.55 Å². The Balaban J connectivity index is 2.31. The minimum absolute atomic E-state index is 0.0456. The molecule has 0 aliphatic rings. The molecule has 2 aromatic carbocycles. The van der Waals surface area contributed by atoms with Gasteiger partial charge in [-0.25, -0.2) is 9.38 Å². The molecule has 0 unspecified atom stereocenters. The number of benzene rings is 2. The van der Waals surface area contributed by atoms with E-state index in [9.17, 15) is 14.3 Å². The van der Waals surface area contributed by atoms with Crippen LogP contribution in [0, 0.1) is 5.82 Å². The van der Waals surface area contributed by atoms with Gasteiger partial charge in [-0.05, 0) is 24.3 Å². The Morgan fingerprint density at radius 3 is 2.75 bits per heavy atom. The summed E-state index contributed by atoms with van der Waals surface area (Å²) in [6.45, 7) is 0. The summed E-state index contributed by atoms with van der Waals surface area (Å²) < 4.78 is 24.4. The number of nitrogens with zero attached hydrogens (tertiary/aromatic N) is 1. The summed E-state index contributed by atoms with van der Waals surface area (Å²) in [4.78, 5) is 15.8. The number of rotatable bonds is 3. The molecule has 0 saturated carbocycles. The summed E-state index contributed by atoms with van der Waals surface area (Å²) >= 11 is 0. The van der Waals surface area contributed by atoms with E-state index in [1.165, 1.54) is 19.2 Å². The number of para-hydroxylation sites is 1. The quantitative estimate of drug-likeness (QED) is 0.772. The van der Waals surface area contributed by atoms with E-state index < -0.39 is 17.5 Å². The molecule has 3 aromatic rings. The van der Waals surface area contributed by atoms with Gasteiger partial charge in [-0.1, -0.05) is 12.1 Å². The number of aromatic hydroxyl groups is 1. The molecule has 122 valence electrons. The van der Waals surface area contributed by atoms with Crippen LogP contribution in [0.15, 0.2) is 51.9 Å². The third kappa shape index (κ3) is 2.79. The highest BCUT2D eigenvalue weighted by Crippen LogP contribution is 2.25. The summed E-state index contributed by atoms with van der Waals surface area (Å²) in [7, 11) is 1.48. The number of halogens is 1. The maximum atomic E-state index is 13.5. The predicted octanol–water partition coefficient (Wildman–Crippen LogP) is 2.62. The second-order valence-electron chi connectivity index (χ2n) is 4.96. The van der Waals surface area contributed by atoms with Gasteiger partial charge < -0.3 is 20.0 Å². The van der Waals surface area contributed by atoms with Gasteiger partial charge in [0.05, 0.1) is 12.8 Å². The third-order valence-corrected chi connectivity index (χ3v) is 3.39. The van der Waals surface area contributed by atoms with Crippen LogP contribution in [0.25, 0.3) is 11.0 Å². The monoisotopic (exact) mass is 328 g/mol. The van der Waals surface area contributed by atoms with Gasteiger partial charge in [0.15, 0.2) is 22.9 Å². The molecule has 0 aliphatic carbocycles. The number of carbonyl (C=O) groups excluding carboxylic acids is 1. The van der Waals surface area contributed by atoms with Crippen LogP contribution in [0.2, 0.25) is 0 Å². The average molecular weight is 328 g/mol. The molecule has 0 fully saturated rings. The van der Waals surface area contributed by atoms with E-state index in [0.29, 0.717) is 16.7 Å². The second-order valence-corrected chi connectivity index (χ2v) is 4.96. The molecule has 6 nitrogen and oxygen atoms in total. The summed E-state index contributed by atoms with van der Waals surface area (Å²) in [5.74, 6) is -1.62. The average Bonchev–Trinajstić information content (AvgIpc) is 2.57. The molecule has 1 amide bonds. The number of methoxy groups -OCH3 is 1. The van der Waals surface area contributed by atoms with Crippen LogP contribution < -0.4 is 16.0 Å². The van der Waals surface area contributed by atoms with Crippen LogP contribution in [0.5, 0.6) is 11.5 Å². The first-order valence-corrected chi connectivity index (χ1v) is 6.93. The molecule has 0 radical (unpaired) electrons. The molecule has 1 heterocycles. The number of phenolic OH excluding ortho intramolecular Hbond substituents is 1. The smallest absolute Gasteiger partial charge is 0.254 e. The molecule has 0 atom stereocenters. The zero-order valence-electron chi connectivity index (χ0n) is 12.6. The van der Waals surface area contributed by atoms with E-state index in [4.69, 9.17) is 14.9 Å². The lowest BCUT2D eigenvalue weighted by Crippen LogP contribution is -2.21. The molecular weight excluding hydrogens is 315 g/mol. The SMILES string of the molecule is COc1cccc2cc(C(N)=O)c(=Nc3ccc(O)c(F)c3)oc12. The van der Waals surface area contributed by atoms with Crippen LogP contribution >= 0.6 is 0 Å². The van der Waals surface area contributed by atoms with Crippen molar-refractivity contribution in [2.24, 2.45) is 10.7 Å². The van der Waals surface area contributed by atoms with Gasteiger partial charge in [-0.3, -0.25) is 4.79 Å². The maximum absolute atomic E-state index is 13.5. The number of carbonyl (C=O) groups is 1. The van der Waals surface area contributed by atoms with Crippen molar-refractivity contribution in [3.63, 3.8) is 0 Å². The van der Waals surface area contributed by atoms with Crippen molar-refractivity contribution in [1.29, 1.82) is 0 Å². The molecule has 3 N–H and O–H groups in total. The summed E-state index contributed by atoms with van der Waals surface area (Å²) in [5.41, 5.74) is 5.88. The predicted molar refractivity (Wildman–Crippen MR) is 84.6 cm³/mol. The van der Waals surface area contributed by atoms with Crippen LogP contribution in [0.1, 0.15) is 10.4 Å². The normalized spacial score (nSPS) is 11.7. The molecule has 0 bridgehead atoms. The Bertz CT molecular complexity index is 1010. The number of primary amides is 1. The molecule has 0 aliphatic heterocycles. The number of hydrogen-bond acceptors (Lipinski definition) is 5. The van der Waals surface area contributed by atoms with E-state index >= 15 is 0 Å². The van der Waals surface area contributed by atoms with E-state index in [0.717, 1.165) is 12.1 Å². The summed E-state index contributed by atoms with van der Waals surface area (Å²) in [5, 5.41) is 9.84.